The maximum Gasteiger partial charge on any atom is 0.427 e. The van der Waals surface area contributed by atoms with Gasteiger partial charge in [-0.1, -0.05) is 52.1 Å². The highest BCUT2D eigenvalue weighted by Crippen LogP contribution is 2.47. The Bertz CT molecular complexity index is 2050. The number of rotatable bonds is 17. The predicted octanol–water partition coefficient (Wildman–Crippen LogP) is 5.99. The van der Waals surface area contributed by atoms with Crippen molar-refractivity contribution in [3.05, 3.63) is 29.4 Å². The molecule has 1 aromatic carbocycles. The topological polar surface area (TPSA) is 182 Å². The van der Waals surface area contributed by atoms with Gasteiger partial charge in [0.25, 0.3) is 5.91 Å². The van der Waals surface area contributed by atoms with Gasteiger partial charge >= 0.3 is 12.3 Å². The lowest BCUT2D eigenvalue weighted by Crippen LogP contribution is -2.60. The second-order valence-corrected chi connectivity index (χ2v) is 19.2. The first kappa shape index (κ1) is 45.9. The van der Waals surface area contributed by atoms with Crippen LogP contribution in [0.4, 0.5) is 22.4 Å². The highest BCUT2D eigenvalue weighted by molar-refractivity contribution is 7.91. The molecule has 3 aliphatic rings. The van der Waals surface area contributed by atoms with Gasteiger partial charge in [-0.3, -0.25) is 19.1 Å². The van der Waals surface area contributed by atoms with E-state index in [0.717, 1.165) is 17.7 Å². The van der Waals surface area contributed by atoms with Crippen LogP contribution in [0.3, 0.4) is 0 Å². The molecule has 1 saturated heterocycles. The Morgan fingerprint density at radius 2 is 1.78 bits per heavy atom. The molecule has 328 valence electrons. The molecule has 3 N–H and O–H groups in total. The maximum atomic E-state index is 14.7. The van der Waals surface area contributed by atoms with Gasteiger partial charge in [0, 0.05) is 11.8 Å². The molecule has 5 rings (SSSR count). The molecule has 20 heteroatoms. The number of amides is 4. The number of pyridine rings is 1. The second-order valence-electron chi connectivity index (χ2n) is 16.8. The summed E-state index contributed by atoms with van der Waals surface area (Å²) < 4.78 is 97.6. The van der Waals surface area contributed by atoms with Gasteiger partial charge in [-0.25, -0.2) is 22.6 Å². The lowest BCUT2D eigenvalue weighted by Gasteiger charge is -2.34. The number of fused-ring (bicyclic) bond motifs is 1. The van der Waals surface area contributed by atoms with Crippen molar-refractivity contribution in [1.29, 1.82) is 0 Å². The van der Waals surface area contributed by atoms with E-state index >= 15 is 0 Å². The van der Waals surface area contributed by atoms with E-state index in [-0.39, 0.29) is 49.2 Å². The van der Waals surface area contributed by atoms with Crippen molar-refractivity contribution < 1.29 is 59.4 Å². The largest absolute Gasteiger partial charge is 0.497 e. The fourth-order valence-electron chi connectivity index (χ4n) is 7.59. The van der Waals surface area contributed by atoms with Crippen LogP contribution >= 0.6 is 11.6 Å². The first-order valence-corrected chi connectivity index (χ1v) is 21.4. The van der Waals surface area contributed by atoms with Crippen LogP contribution in [0.5, 0.6) is 11.6 Å². The van der Waals surface area contributed by atoms with E-state index in [2.05, 4.69) is 15.6 Å². The zero-order valence-electron chi connectivity index (χ0n) is 34.0. The van der Waals surface area contributed by atoms with Gasteiger partial charge in [0.1, 0.15) is 46.1 Å². The van der Waals surface area contributed by atoms with Gasteiger partial charge in [0.15, 0.2) is 0 Å². The molecule has 2 aromatic rings. The third kappa shape index (κ3) is 9.76. The van der Waals surface area contributed by atoms with Gasteiger partial charge in [-0.05, 0) is 86.9 Å². The van der Waals surface area contributed by atoms with Crippen molar-refractivity contribution in [3.8, 4) is 11.6 Å². The van der Waals surface area contributed by atoms with Gasteiger partial charge in [0.2, 0.25) is 33.3 Å². The first-order chi connectivity index (χ1) is 27.4. The first-order valence-electron chi connectivity index (χ1n) is 19.6. The number of nitrogens with zero attached hydrogens (tertiary/aromatic N) is 2. The minimum atomic E-state index is -4.94. The molecular formula is C39H52ClF4N5O9S. The number of ether oxygens (including phenoxy) is 3. The summed E-state index contributed by atoms with van der Waals surface area (Å²) in [6, 6.07) is 3.75. The summed E-state index contributed by atoms with van der Waals surface area (Å²) in [5.41, 5.74) is -4.64. The van der Waals surface area contributed by atoms with E-state index in [1.807, 2.05) is 18.6 Å². The van der Waals surface area contributed by atoms with Crippen LogP contribution in [-0.2, 0) is 29.1 Å². The zero-order valence-corrected chi connectivity index (χ0v) is 35.6. The summed E-state index contributed by atoms with van der Waals surface area (Å²) in [4.78, 5) is 61.3. The Morgan fingerprint density at radius 1 is 1.12 bits per heavy atom. The minimum absolute atomic E-state index is 0.0258. The average molecular weight is 878 g/mol. The molecule has 2 aliphatic carbocycles. The van der Waals surface area contributed by atoms with E-state index in [0.29, 0.717) is 36.8 Å². The van der Waals surface area contributed by atoms with Crippen LogP contribution in [0.25, 0.3) is 10.8 Å². The lowest BCUT2D eigenvalue weighted by atomic mass is 9.88. The number of alkyl halides is 4. The predicted molar refractivity (Wildman–Crippen MR) is 209 cm³/mol. The summed E-state index contributed by atoms with van der Waals surface area (Å²) in [6.45, 7) is 7.01. The molecule has 14 nitrogen and oxygen atoms in total. The molecule has 4 amide bonds. The Kier molecular flexibility index (Phi) is 13.3. The molecule has 1 aromatic heterocycles. The fourth-order valence-corrected chi connectivity index (χ4v) is 9.21. The van der Waals surface area contributed by atoms with Crippen molar-refractivity contribution in [2.24, 2.45) is 17.8 Å². The van der Waals surface area contributed by atoms with Crippen LogP contribution < -0.4 is 24.8 Å². The molecule has 7 atom stereocenters. The number of likely N-dealkylation sites (tertiary alicyclic amines) is 1. The highest BCUT2D eigenvalue weighted by Gasteiger charge is 2.63. The molecule has 2 heterocycles. The van der Waals surface area contributed by atoms with Crippen LogP contribution in [0.1, 0.15) is 86.5 Å². The van der Waals surface area contributed by atoms with E-state index in [9.17, 15) is 45.2 Å². The summed E-state index contributed by atoms with van der Waals surface area (Å²) in [5.74, 6) is -3.39. The number of hydrogen-bond acceptors (Lipinski definition) is 10. The van der Waals surface area contributed by atoms with Gasteiger partial charge in [-0.15, -0.1) is 0 Å². The fraction of sp³-hybridized carbons (Fsp3) is 0.667. The SMILES string of the molecule is CCCC(C)CC(C)C(NC(=O)OC(C)(C)C(F)(F)F)C(=O)N1CC(Oc2nc(Cl)cc3cc(OC)ccc23)CC1C(=O)NC1(C(=O)NS(=O)(=O)C2(CF)CC2)CC1C. The van der Waals surface area contributed by atoms with Gasteiger partial charge < -0.3 is 29.7 Å². The van der Waals surface area contributed by atoms with Crippen molar-refractivity contribution in [3.63, 3.8) is 0 Å². The lowest BCUT2D eigenvalue weighted by molar-refractivity contribution is -0.244. The molecule has 0 spiro atoms. The molecule has 0 radical (unpaired) electrons. The number of halogens is 5. The monoisotopic (exact) mass is 877 g/mol. The number of carbonyl (C=O) groups is 4. The zero-order chi connectivity index (χ0) is 43.9. The average Bonchev–Trinajstić information content (AvgIpc) is 4.03. The number of sulfonamides is 1. The van der Waals surface area contributed by atoms with Crippen LogP contribution in [0, 0.1) is 17.8 Å². The molecule has 0 bridgehead atoms. The number of nitrogens with one attached hydrogen (secondary N) is 3. The number of hydrogen-bond donors (Lipinski definition) is 3. The minimum Gasteiger partial charge on any atom is -0.497 e. The molecule has 7 unspecified atom stereocenters. The van der Waals surface area contributed by atoms with E-state index in [4.69, 9.17) is 25.8 Å². The third-order valence-electron chi connectivity index (χ3n) is 11.7. The second kappa shape index (κ2) is 17.1. The summed E-state index contributed by atoms with van der Waals surface area (Å²) in [7, 11) is -2.95. The quantitative estimate of drug-likeness (QED) is 0.126. The van der Waals surface area contributed by atoms with Crippen LogP contribution in [-0.4, -0.2) is 103 Å². The summed E-state index contributed by atoms with van der Waals surface area (Å²) in [6.07, 6.45) is -5.62. The number of benzene rings is 1. The van der Waals surface area contributed by atoms with Crippen molar-refractivity contribution in [1.82, 2.24) is 25.2 Å². The van der Waals surface area contributed by atoms with Crippen molar-refractivity contribution >= 4 is 56.2 Å². The molecule has 59 heavy (non-hydrogen) atoms. The summed E-state index contributed by atoms with van der Waals surface area (Å²) in [5, 5.41) is 6.17. The summed E-state index contributed by atoms with van der Waals surface area (Å²) >= 11 is 6.35. The number of carbonyl (C=O) groups excluding carboxylic acids is 4. The molecule has 3 fully saturated rings. The number of methoxy groups -OCH3 is 1. The molecular weight excluding hydrogens is 826 g/mol. The highest BCUT2D eigenvalue weighted by atomic mass is 35.5. The Hall–Kier alpha value is -4.13. The Morgan fingerprint density at radius 3 is 2.34 bits per heavy atom. The van der Waals surface area contributed by atoms with Crippen LogP contribution in [0.15, 0.2) is 24.3 Å². The van der Waals surface area contributed by atoms with Crippen molar-refractivity contribution in [2.45, 2.75) is 127 Å². The van der Waals surface area contributed by atoms with Crippen LogP contribution in [0.2, 0.25) is 5.15 Å². The van der Waals surface area contributed by atoms with Gasteiger partial charge in [0.05, 0.1) is 13.7 Å². The van der Waals surface area contributed by atoms with E-state index in [1.54, 1.807) is 38.1 Å². The van der Waals surface area contributed by atoms with Gasteiger partial charge in [-0.2, -0.15) is 13.2 Å². The maximum absolute atomic E-state index is 14.7. The Balaban J connectivity index is 1.48. The molecule has 2 saturated carbocycles. The number of aromatic nitrogens is 1. The number of alkyl carbamates (subject to hydrolysis) is 1. The standard InChI is InChI=1S/C39H52ClF4N5O9S/c1-8-9-21(2)14-22(3)30(46-35(53)58-36(5,6)39(42,43)44)33(51)49-19-26(57-32-27-11-10-25(56-7)15-24(27)16-29(40)45-32)17-28(49)31(50)47-38(18-23(38)4)34(52)48-59(54,55)37(20-41)12-13-37/h10-11,15-16,21-23,26,28,30H,8-9,12-14,17-20H2,1-7H3,(H,46,53)(H,47,50)(H,48,52). The smallest absolute Gasteiger partial charge is 0.427 e. The van der Waals surface area contributed by atoms with E-state index < -0.39 is 92.6 Å². The van der Waals surface area contributed by atoms with E-state index in [1.165, 1.54) is 7.11 Å². The normalized spacial score (nSPS) is 24.1. The van der Waals surface area contributed by atoms with Crippen molar-refractivity contribution in [2.75, 3.05) is 20.3 Å². The Labute approximate surface area is 345 Å². The third-order valence-corrected chi connectivity index (χ3v) is 14.0. The molecule has 1 aliphatic heterocycles.